The normalized spacial score (nSPS) is 14.1. The Bertz CT molecular complexity index is 1730. The number of amides is 1. The van der Waals surface area contributed by atoms with Crippen LogP contribution in [0.4, 0.5) is 0 Å². The second-order valence-corrected chi connectivity index (χ2v) is 10.5. The molecule has 9 heteroatoms. The number of hydrogen-bond acceptors (Lipinski definition) is 4. The van der Waals surface area contributed by atoms with E-state index in [0.717, 1.165) is 52.8 Å². The lowest BCUT2D eigenvalue weighted by atomic mass is 9.86. The van der Waals surface area contributed by atoms with Crippen LogP contribution in [-0.2, 0) is 13.0 Å². The first kappa shape index (κ1) is 28.6. The van der Waals surface area contributed by atoms with E-state index in [9.17, 15) is 34.5 Å². The van der Waals surface area contributed by atoms with Gasteiger partial charge in [-0.1, -0.05) is 66.2 Å². The van der Waals surface area contributed by atoms with Crippen molar-refractivity contribution in [2.24, 2.45) is 0 Å². The number of halogens is 1. The zero-order valence-electron chi connectivity index (χ0n) is 22.3. The van der Waals surface area contributed by atoms with Gasteiger partial charge < -0.3 is 20.2 Å². The van der Waals surface area contributed by atoms with Crippen molar-refractivity contribution in [3.63, 3.8) is 0 Å². The van der Waals surface area contributed by atoms with Crippen molar-refractivity contribution < 1.29 is 34.5 Å². The molecule has 1 atom stereocenters. The minimum atomic E-state index is -1.61. The highest BCUT2D eigenvalue weighted by atomic mass is 35.5. The van der Waals surface area contributed by atoms with Crippen LogP contribution in [0.15, 0.2) is 84.9 Å². The molecule has 0 aromatic heterocycles. The molecule has 3 N–H and O–H groups in total. The Balaban J connectivity index is 1.65. The van der Waals surface area contributed by atoms with Crippen molar-refractivity contribution in [1.82, 2.24) is 4.90 Å². The first-order valence-corrected chi connectivity index (χ1v) is 13.6. The number of aromatic carboxylic acids is 3. The first-order valence-electron chi connectivity index (χ1n) is 13.3. The van der Waals surface area contributed by atoms with Crippen LogP contribution in [0.1, 0.15) is 77.0 Å². The van der Waals surface area contributed by atoms with E-state index < -0.39 is 46.5 Å². The molecule has 0 spiro atoms. The van der Waals surface area contributed by atoms with Gasteiger partial charge in [0.25, 0.3) is 5.91 Å². The molecule has 0 bridgehead atoms. The average Bonchev–Trinajstić information content (AvgIpc) is 2.98. The second-order valence-electron chi connectivity index (χ2n) is 10.1. The fourth-order valence-electron chi connectivity index (χ4n) is 5.55. The van der Waals surface area contributed by atoms with Crippen molar-refractivity contribution in [2.75, 3.05) is 0 Å². The summed E-state index contributed by atoms with van der Waals surface area (Å²) in [6.07, 6.45) is 2.23. The van der Waals surface area contributed by atoms with E-state index in [4.69, 9.17) is 11.6 Å². The molecule has 5 rings (SSSR count). The largest absolute Gasteiger partial charge is 0.478 e. The van der Waals surface area contributed by atoms with Crippen LogP contribution in [0.3, 0.4) is 0 Å². The summed E-state index contributed by atoms with van der Waals surface area (Å²) < 4.78 is 0. The Hall–Kier alpha value is -4.95. The zero-order valence-corrected chi connectivity index (χ0v) is 23.0. The molecule has 0 radical (unpaired) electrons. The van der Waals surface area contributed by atoms with E-state index in [0.29, 0.717) is 11.4 Å². The van der Waals surface area contributed by atoms with E-state index in [1.54, 1.807) is 11.0 Å². The fraction of sp³-hybridized carbons (Fsp3) is 0.152. The molecule has 1 aliphatic carbocycles. The van der Waals surface area contributed by atoms with Crippen LogP contribution in [0, 0.1) is 0 Å². The number of rotatable bonds is 8. The van der Waals surface area contributed by atoms with Gasteiger partial charge in [-0.15, -0.1) is 0 Å². The smallest absolute Gasteiger partial charge is 0.336 e. The summed E-state index contributed by atoms with van der Waals surface area (Å²) in [4.78, 5) is 51.9. The van der Waals surface area contributed by atoms with Gasteiger partial charge >= 0.3 is 17.9 Å². The lowest BCUT2D eigenvalue weighted by Gasteiger charge is -2.36. The minimum absolute atomic E-state index is 0.0917. The Morgan fingerprint density at radius 1 is 0.714 bits per heavy atom. The molecule has 4 aromatic carbocycles. The SMILES string of the molecule is O=C(O)c1cc(C(=O)O)c(C(=O)N(Cc2cccc(-c3cccc(Cl)c3)c2)[C@H]2CCCc3ccccc32)cc1C(=O)O. The summed E-state index contributed by atoms with van der Waals surface area (Å²) in [6, 6.07) is 23.9. The molecule has 8 nitrogen and oxygen atoms in total. The lowest BCUT2D eigenvalue weighted by molar-refractivity contribution is 0.0611. The van der Waals surface area contributed by atoms with E-state index in [1.165, 1.54) is 0 Å². The number of benzene rings is 4. The molecule has 0 unspecified atom stereocenters. The quantitative estimate of drug-likeness (QED) is 0.207. The Morgan fingerprint density at radius 3 is 1.98 bits per heavy atom. The number of hydrogen-bond donors (Lipinski definition) is 3. The predicted molar refractivity (Wildman–Crippen MR) is 156 cm³/mol. The van der Waals surface area contributed by atoms with Crippen LogP contribution in [0.5, 0.6) is 0 Å². The third kappa shape index (κ3) is 5.75. The van der Waals surface area contributed by atoms with Crippen LogP contribution in [0.2, 0.25) is 5.02 Å². The number of nitrogens with zero attached hydrogens (tertiary/aromatic N) is 1. The van der Waals surface area contributed by atoms with Crippen LogP contribution in [0.25, 0.3) is 11.1 Å². The fourth-order valence-corrected chi connectivity index (χ4v) is 5.74. The number of carboxylic acid groups (broad SMARTS) is 3. The third-order valence-electron chi connectivity index (χ3n) is 7.49. The molecule has 0 aliphatic heterocycles. The van der Waals surface area contributed by atoms with E-state index in [1.807, 2.05) is 66.7 Å². The molecule has 0 saturated heterocycles. The summed E-state index contributed by atoms with van der Waals surface area (Å²) in [5.41, 5.74) is 2.18. The van der Waals surface area contributed by atoms with Crippen molar-refractivity contribution in [1.29, 1.82) is 0 Å². The number of carbonyl (C=O) groups excluding carboxylic acids is 1. The van der Waals surface area contributed by atoms with E-state index >= 15 is 0 Å². The van der Waals surface area contributed by atoms with Crippen molar-refractivity contribution in [2.45, 2.75) is 31.8 Å². The number of aryl methyl sites for hydroxylation is 1. The highest BCUT2D eigenvalue weighted by Gasteiger charge is 2.33. The molecule has 212 valence electrons. The van der Waals surface area contributed by atoms with Gasteiger partial charge in [-0.2, -0.15) is 0 Å². The van der Waals surface area contributed by atoms with Gasteiger partial charge in [0.1, 0.15) is 0 Å². The monoisotopic (exact) mass is 583 g/mol. The summed E-state index contributed by atoms with van der Waals surface area (Å²) in [5.74, 6) is -5.43. The maximum absolute atomic E-state index is 14.3. The van der Waals surface area contributed by atoms with Gasteiger partial charge in [0.2, 0.25) is 0 Å². The van der Waals surface area contributed by atoms with Crippen LogP contribution >= 0.6 is 11.6 Å². The lowest BCUT2D eigenvalue weighted by Crippen LogP contribution is -2.37. The Kier molecular flexibility index (Phi) is 8.08. The van der Waals surface area contributed by atoms with Gasteiger partial charge in [-0.3, -0.25) is 4.79 Å². The average molecular weight is 584 g/mol. The van der Waals surface area contributed by atoms with Crippen molar-refractivity contribution >= 4 is 35.4 Å². The van der Waals surface area contributed by atoms with Crippen molar-refractivity contribution in [3.8, 4) is 11.1 Å². The van der Waals surface area contributed by atoms with Gasteiger partial charge in [0.15, 0.2) is 0 Å². The molecule has 4 aromatic rings. The predicted octanol–water partition coefficient (Wildman–Crippen LogP) is 6.82. The highest BCUT2D eigenvalue weighted by Crippen LogP contribution is 2.37. The van der Waals surface area contributed by atoms with Gasteiger partial charge in [0, 0.05) is 11.6 Å². The number of carbonyl (C=O) groups is 4. The zero-order chi connectivity index (χ0) is 30.0. The van der Waals surface area contributed by atoms with Gasteiger partial charge in [-0.05, 0) is 77.4 Å². The summed E-state index contributed by atoms with van der Waals surface area (Å²) in [5, 5.41) is 29.8. The summed E-state index contributed by atoms with van der Waals surface area (Å²) in [6.45, 7) is 0.0917. The van der Waals surface area contributed by atoms with Gasteiger partial charge in [-0.25, -0.2) is 14.4 Å². The van der Waals surface area contributed by atoms with Crippen LogP contribution < -0.4 is 0 Å². The molecule has 0 saturated carbocycles. The minimum Gasteiger partial charge on any atom is -0.478 e. The van der Waals surface area contributed by atoms with Gasteiger partial charge in [0.05, 0.1) is 28.3 Å². The molecule has 0 heterocycles. The maximum atomic E-state index is 14.3. The molecule has 1 amide bonds. The summed E-state index contributed by atoms with van der Waals surface area (Å²) >= 11 is 6.20. The molecule has 42 heavy (non-hydrogen) atoms. The van der Waals surface area contributed by atoms with E-state index in [2.05, 4.69) is 0 Å². The summed E-state index contributed by atoms with van der Waals surface area (Å²) in [7, 11) is 0. The van der Waals surface area contributed by atoms with Crippen molar-refractivity contribution in [3.05, 3.63) is 129 Å². The maximum Gasteiger partial charge on any atom is 0.336 e. The van der Waals surface area contributed by atoms with E-state index in [-0.39, 0.29) is 12.1 Å². The Labute approximate surface area is 246 Å². The first-order chi connectivity index (χ1) is 20.1. The molecular formula is C33H26ClNO7. The molecule has 1 aliphatic rings. The third-order valence-corrected chi connectivity index (χ3v) is 7.73. The second kappa shape index (κ2) is 11.9. The topological polar surface area (TPSA) is 132 Å². The molecule has 0 fully saturated rings. The molecular weight excluding hydrogens is 558 g/mol. The number of carboxylic acids is 3. The highest BCUT2D eigenvalue weighted by molar-refractivity contribution is 6.30. The number of fused-ring (bicyclic) bond motifs is 1. The van der Waals surface area contributed by atoms with Crippen LogP contribution in [-0.4, -0.2) is 44.0 Å². The standard InChI is InChI=1S/C33H26ClNO7/c34-23-11-4-10-22(15-23)21-9-3-6-19(14-21)18-35(29-13-5-8-20-7-1-2-12-24(20)29)30(36)25-16-27(32(39)40)28(33(41)42)17-26(25)31(37)38/h1-4,6-7,9-12,14-17,29H,5,8,13,18H2,(H,37,38)(H,39,40)(H,41,42)/t29-/m0/s1. The Morgan fingerprint density at radius 2 is 1.31 bits per heavy atom.